The molecule has 0 radical (unpaired) electrons. The normalized spacial score (nSPS) is 24.1. The maximum Gasteiger partial charge on any atom is 0.250 e. The van der Waals surface area contributed by atoms with Gasteiger partial charge in [0.25, 0.3) is 0 Å². The van der Waals surface area contributed by atoms with Crippen LogP contribution in [0.5, 0.6) is 5.75 Å². The van der Waals surface area contributed by atoms with E-state index in [0.29, 0.717) is 13.0 Å². The van der Waals surface area contributed by atoms with Crippen LogP contribution in [-0.4, -0.2) is 35.7 Å². The third-order valence-corrected chi connectivity index (χ3v) is 5.08. The number of allylic oxidation sites excluding steroid dienone is 1. The van der Waals surface area contributed by atoms with Gasteiger partial charge < -0.3 is 14.7 Å². The fraction of sp³-hybridized carbons (Fsp3) is 0.526. The van der Waals surface area contributed by atoms with Crippen LogP contribution in [0.3, 0.4) is 0 Å². The van der Waals surface area contributed by atoms with E-state index in [4.69, 9.17) is 4.74 Å². The summed E-state index contributed by atoms with van der Waals surface area (Å²) in [5.41, 5.74) is 3.20. The molecule has 0 unspecified atom stereocenters. The van der Waals surface area contributed by atoms with Crippen molar-refractivity contribution in [3.63, 3.8) is 0 Å². The van der Waals surface area contributed by atoms with Crippen molar-refractivity contribution >= 4 is 5.91 Å². The minimum Gasteiger partial charge on any atom is -0.497 e. The van der Waals surface area contributed by atoms with Crippen LogP contribution in [0.25, 0.3) is 0 Å². The molecule has 2 atom stereocenters. The summed E-state index contributed by atoms with van der Waals surface area (Å²) in [6, 6.07) is 7.71. The first-order valence-corrected chi connectivity index (χ1v) is 8.41. The van der Waals surface area contributed by atoms with E-state index in [1.165, 1.54) is 18.4 Å². The summed E-state index contributed by atoms with van der Waals surface area (Å²) >= 11 is 0. The smallest absolute Gasteiger partial charge is 0.250 e. The highest BCUT2D eigenvalue weighted by Crippen LogP contribution is 2.36. The summed E-state index contributed by atoms with van der Waals surface area (Å²) in [4.78, 5) is 14.8. The number of hydrogen-bond donors (Lipinski definition) is 1. The molecule has 124 valence electrons. The van der Waals surface area contributed by atoms with Crippen LogP contribution in [-0.2, 0) is 4.79 Å². The van der Waals surface area contributed by atoms with Crippen molar-refractivity contribution in [3.05, 3.63) is 41.0 Å². The molecule has 1 aromatic rings. The standard InChI is InChI=1S/C19H25NO3/c1-13(14-6-3-4-7-14)19(22)20-12-16(21)11-18(20)15-8-5-9-17(10-15)23-2/h5,8-10,16,18,21H,3-4,6-7,11-12H2,1-2H3/t16-,18+/m0/s1. The molecule has 2 fully saturated rings. The van der Waals surface area contributed by atoms with Crippen LogP contribution in [0.4, 0.5) is 0 Å². The summed E-state index contributed by atoms with van der Waals surface area (Å²) in [6.45, 7) is 2.35. The van der Waals surface area contributed by atoms with E-state index in [2.05, 4.69) is 0 Å². The van der Waals surface area contributed by atoms with Crippen LogP contribution in [0.2, 0.25) is 0 Å². The average molecular weight is 315 g/mol. The van der Waals surface area contributed by atoms with E-state index in [1.807, 2.05) is 36.1 Å². The lowest BCUT2D eigenvalue weighted by Crippen LogP contribution is -2.32. The first kappa shape index (κ1) is 16.1. The number of likely N-dealkylation sites (tertiary alicyclic amines) is 1. The highest BCUT2D eigenvalue weighted by Gasteiger charge is 2.36. The number of benzene rings is 1. The van der Waals surface area contributed by atoms with Crippen molar-refractivity contribution in [3.8, 4) is 5.75 Å². The predicted octanol–water partition coefficient (Wildman–Crippen LogP) is 3.22. The molecule has 1 saturated carbocycles. The summed E-state index contributed by atoms with van der Waals surface area (Å²) in [5.74, 6) is 0.855. The molecule has 0 bridgehead atoms. The Balaban J connectivity index is 1.87. The Morgan fingerprint density at radius 1 is 1.30 bits per heavy atom. The number of aliphatic hydroxyl groups excluding tert-OH is 1. The molecule has 1 saturated heterocycles. The third-order valence-electron chi connectivity index (χ3n) is 5.08. The Kier molecular flexibility index (Phi) is 4.71. The molecule has 0 aromatic heterocycles. The van der Waals surface area contributed by atoms with E-state index in [1.54, 1.807) is 7.11 Å². The van der Waals surface area contributed by atoms with E-state index in [0.717, 1.165) is 29.7 Å². The monoisotopic (exact) mass is 315 g/mol. The Labute approximate surface area is 137 Å². The maximum atomic E-state index is 12.9. The molecule has 1 N–H and O–H groups in total. The van der Waals surface area contributed by atoms with Crippen molar-refractivity contribution in [2.75, 3.05) is 13.7 Å². The zero-order valence-electron chi connectivity index (χ0n) is 13.9. The minimum absolute atomic E-state index is 0.0752. The molecule has 1 amide bonds. The Morgan fingerprint density at radius 3 is 2.74 bits per heavy atom. The zero-order chi connectivity index (χ0) is 16.4. The van der Waals surface area contributed by atoms with Gasteiger partial charge in [0.05, 0.1) is 19.3 Å². The van der Waals surface area contributed by atoms with Gasteiger partial charge in [0, 0.05) is 12.1 Å². The number of nitrogens with zero attached hydrogens (tertiary/aromatic N) is 1. The number of carbonyl (C=O) groups excluding carboxylic acids is 1. The lowest BCUT2D eigenvalue weighted by Gasteiger charge is -2.26. The fourth-order valence-corrected chi connectivity index (χ4v) is 3.75. The van der Waals surface area contributed by atoms with E-state index in [-0.39, 0.29) is 11.9 Å². The van der Waals surface area contributed by atoms with Crippen molar-refractivity contribution < 1.29 is 14.6 Å². The van der Waals surface area contributed by atoms with Crippen LogP contribution in [0, 0.1) is 0 Å². The first-order chi connectivity index (χ1) is 11.1. The molecule has 4 heteroatoms. The van der Waals surface area contributed by atoms with Crippen LogP contribution in [0.1, 0.15) is 50.6 Å². The lowest BCUT2D eigenvalue weighted by atomic mass is 10.0. The van der Waals surface area contributed by atoms with E-state index >= 15 is 0 Å². The Bertz CT molecular complexity index is 615. The first-order valence-electron chi connectivity index (χ1n) is 8.41. The number of ether oxygens (including phenoxy) is 1. The highest BCUT2D eigenvalue weighted by molar-refractivity contribution is 5.94. The molecule has 2 aliphatic rings. The van der Waals surface area contributed by atoms with Gasteiger partial charge in [0.15, 0.2) is 0 Å². The topological polar surface area (TPSA) is 49.8 Å². The molecule has 1 aromatic carbocycles. The van der Waals surface area contributed by atoms with Crippen LogP contribution >= 0.6 is 0 Å². The van der Waals surface area contributed by atoms with Crippen molar-refractivity contribution in [1.82, 2.24) is 4.90 Å². The third kappa shape index (κ3) is 3.27. The van der Waals surface area contributed by atoms with Gasteiger partial charge in [-0.3, -0.25) is 4.79 Å². The van der Waals surface area contributed by atoms with Gasteiger partial charge >= 0.3 is 0 Å². The maximum absolute atomic E-state index is 12.9. The van der Waals surface area contributed by atoms with Crippen molar-refractivity contribution in [1.29, 1.82) is 0 Å². The van der Waals surface area contributed by atoms with Gasteiger partial charge in [-0.1, -0.05) is 17.7 Å². The van der Waals surface area contributed by atoms with Gasteiger partial charge in [0.1, 0.15) is 5.75 Å². The summed E-state index contributed by atoms with van der Waals surface area (Å²) < 4.78 is 5.29. The number of β-amino-alcohol motifs (C(OH)–C–C–N with tert-alkyl or cyclic N) is 1. The van der Waals surface area contributed by atoms with E-state index in [9.17, 15) is 9.90 Å². The zero-order valence-corrected chi connectivity index (χ0v) is 13.9. The van der Waals surface area contributed by atoms with E-state index < -0.39 is 6.10 Å². The van der Waals surface area contributed by atoms with Crippen LogP contribution < -0.4 is 4.74 Å². The number of carbonyl (C=O) groups is 1. The van der Waals surface area contributed by atoms with Crippen molar-refractivity contribution in [2.45, 2.75) is 51.2 Å². The second kappa shape index (κ2) is 6.75. The Morgan fingerprint density at radius 2 is 2.04 bits per heavy atom. The molecular formula is C19H25NO3. The molecule has 3 rings (SSSR count). The number of aliphatic hydroxyl groups is 1. The number of methoxy groups -OCH3 is 1. The molecule has 1 aliphatic carbocycles. The lowest BCUT2D eigenvalue weighted by molar-refractivity contribution is -0.128. The predicted molar refractivity (Wildman–Crippen MR) is 89.2 cm³/mol. The van der Waals surface area contributed by atoms with Gasteiger partial charge in [-0.15, -0.1) is 0 Å². The van der Waals surface area contributed by atoms with Crippen LogP contribution in [0.15, 0.2) is 35.4 Å². The SMILES string of the molecule is COc1cccc([C@H]2C[C@H](O)CN2C(=O)C(C)=C2CCCC2)c1. The highest BCUT2D eigenvalue weighted by atomic mass is 16.5. The molecule has 23 heavy (non-hydrogen) atoms. The number of amides is 1. The molecule has 4 nitrogen and oxygen atoms in total. The second-order valence-electron chi connectivity index (χ2n) is 6.58. The summed E-state index contributed by atoms with van der Waals surface area (Å²) in [7, 11) is 1.64. The molecule has 1 heterocycles. The Hall–Kier alpha value is -1.81. The van der Waals surface area contributed by atoms with Crippen molar-refractivity contribution in [2.24, 2.45) is 0 Å². The van der Waals surface area contributed by atoms with Gasteiger partial charge in [0.2, 0.25) is 5.91 Å². The second-order valence-corrected chi connectivity index (χ2v) is 6.58. The molecule has 1 aliphatic heterocycles. The quantitative estimate of drug-likeness (QED) is 0.871. The summed E-state index contributed by atoms with van der Waals surface area (Å²) in [5, 5.41) is 10.1. The van der Waals surface area contributed by atoms with Gasteiger partial charge in [-0.2, -0.15) is 0 Å². The van der Waals surface area contributed by atoms with Gasteiger partial charge in [-0.25, -0.2) is 0 Å². The number of hydrogen-bond acceptors (Lipinski definition) is 3. The van der Waals surface area contributed by atoms with Gasteiger partial charge in [-0.05, 0) is 56.7 Å². The summed E-state index contributed by atoms with van der Waals surface area (Å²) in [6.07, 6.45) is 4.57. The fourth-order valence-electron chi connectivity index (χ4n) is 3.75. The largest absolute Gasteiger partial charge is 0.497 e. The number of rotatable bonds is 3. The molecular weight excluding hydrogens is 290 g/mol. The molecule has 0 spiro atoms. The average Bonchev–Trinajstić information content (AvgIpc) is 3.23. The minimum atomic E-state index is -0.462.